The molecule has 0 radical (unpaired) electrons. The lowest BCUT2D eigenvalue weighted by molar-refractivity contribution is 0.0950. The van der Waals surface area contributed by atoms with E-state index < -0.39 is 0 Å². The van der Waals surface area contributed by atoms with Crippen LogP contribution in [0.5, 0.6) is 0 Å². The highest BCUT2D eigenvalue weighted by Gasteiger charge is 2.19. The molecular weight excluding hydrogens is 384 g/mol. The van der Waals surface area contributed by atoms with Crippen LogP contribution in [0.25, 0.3) is 21.9 Å². The number of rotatable bonds is 5. The summed E-state index contributed by atoms with van der Waals surface area (Å²) in [5.74, 6) is 0.463. The molecule has 0 unspecified atom stereocenters. The van der Waals surface area contributed by atoms with Gasteiger partial charge in [-0.1, -0.05) is 30.3 Å². The summed E-state index contributed by atoms with van der Waals surface area (Å²) in [4.78, 5) is 14.0. The van der Waals surface area contributed by atoms with E-state index in [2.05, 4.69) is 20.6 Å². The van der Waals surface area contributed by atoms with Crippen molar-refractivity contribution in [3.05, 3.63) is 89.8 Å². The van der Waals surface area contributed by atoms with Gasteiger partial charge >= 0.3 is 0 Å². The molecular formula is C21H16N6OS. The minimum atomic E-state index is -0.205. The lowest BCUT2D eigenvalue weighted by atomic mass is 10.2. The second-order valence-electron chi connectivity index (χ2n) is 6.38. The standard InChI is InChI=1S/C21H16N6OS/c28-21(22-13-19-24-23-18-10-4-5-11-26(18)19)16-14-27(15-7-2-1-3-8-15)25-20(16)17-9-6-12-29-17/h1-12,14H,13H2,(H,22,28). The Balaban J connectivity index is 1.46. The van der Waals surface area contributed by atoms with E-state index in [1.165, 1.54) is 0 Å². The molecule has 4 aromatic heterocycles. The van der Waals surface area contributed by atoms with E-state index in [9.17, 15) is 4.79 Å². The highest BCUT2D eigenvalue weighted by atomic mass is 32.1. The predicted octanol–water partition coefficient (Wildman–Crippen LogP) is 3.57. The summed E-state index contributed by atoms with van der Waals surface area (Å²) in [7, 11) is 0. The van der Waals surface area contributed by atoms with E-state index in [1.54, 1.807) is 22.2 Å². The molecule has 0 atom stereocenters. The van der Waals surface area contributed by atoms with Gasteiger partial charge in [0.15, 0.2) is 11.5 Å². The maximum absolute atomic E-state index is 13.0. The number of hydrogen-bond donors (Lipinski definition) is 1. The van der Waals surface area contributed by atoms with E-state index in [0.29, 0.717) is 17.1 Å². The molecule has 0 aliphatic heterocycles. The normalized spacial score (nSPS) is 11.0. The summed E-state index contributed by atoms with van der Waals surface area (Å²) in [5, 5.41) is 17.9. The maximum atomic E-state index is 13.0. The van der Waals surface area contributed by atoms with Gasteiger partial charge in [-0.25, -0.2) is 4.68 Å². The van der Waals surface area contributed by atoms with Crippen molar-refractivity contribution in [1.82, 2.24) is 29.7 Å². The molecule has 0 aliphatic rings. The average molecular weight is 400 g/mol. The zero-order chi connectivity index (χ0) is 19.6. The summed E-state index contributed by atoms with van der Waals surface area (Å²) in [5.41, 5.74) is 2.82. The Morgan fingerprint density at radius 1 is 1.00 bits per heavy atom. The van der Waals surface area contributed by atoms with Crippen molar-refractivity contribution >= 4 is 22.9 Å². The number of amides is 1. The number of carbonyl (C=O) groups excluding carboxylic acids is 1. The number of nitrogens with zero attached hydrogens (tertiary/aromatic N) is 5. The molecule has 5 rings (SSSR count). The van der Waals surface area contributed by atoms with Crippen LogP contribution in [0.15, 0.2) is 78.4 Å². The van der Waals surface area contributed by atoms with Crippen LogP contribution >= 0.6 is 11.3 Å². The van der Waals surface area contributed by atoms with Gasteiger partial charge in [0.1, 0.15) is 5.69 Å². The first kappa shape index (κ1) is 17.3. The van der Waals surface area contributed by atoms with Crippen LogP contribution in [0, 0.1) is 0 Å². The Kier molecular flexibility index (Phi) is 4.38. The molecule has 0 bridgehead atoms. The Labute approximate surface area is 170 Å². The monoisotopic (exact) mass is 400 g/mol. The summed E-state index contributed by atoms with van der Waals surface area (Å²) in [6.07, 6.45) is 3.64. The predicted molar refractivity (Wildman–Crippen MR) is 111 cm³/mol. The summed E-state index contributed by atoms with van der Waals surface area (Å²) in [6, 6.07) is 19.3. The largest absolute Gasteiger partial charge is 0.345 e. The molecule has 5 aromatic rings. The van der Waals surface area contributed by atoms with Crippen LogP contribution in [0.2, 0.25) is 0 Å². The Morgan fingerprint density at radius 2 is 1.86 bits per heavy atom. The molecule has 0 fully saturated rings. The molecule has 4 heterocycles. The number of hydrogen-bond acceptors (Lipinski definition) is 5. The Bertz CT molecular complexity index is 1270. The highest BCUT2D eigenvalue weighted by molar-refractivity contribution is 7.13. The van der Waals surface area contributed by atoms with Crippen molar-refractivity contribution in [2.45, 2.75) is 6.54 Å². The highest BCUT2D eigenvalue weighted by Crippen LogP contribution is 2.27. The van der Waals surface area contributed by atoms with Crippen LogP contribution in [-0.2, 0) is 6.54 Å². The number of carbonyl (C=O) groups is 1. The Hall–Kier alpha value is -3.78. The fourth-order valence-electron chi connectivity index (χ4n) is 3.11. The van der Waals surface area contributed by atoms with Crippen LogP contribution in [-0.4, -0.2) is 30.3 Å². The third-order valence-corrected chi connectivity index (χ3v) is 5.40. The Morgan fingerprint density at radius 3 is 2.69 bits per heavy atom. The first-order valence-electron chi connectivity index (χ1n) is 9.05. The van der Waals surface area contributed by atoms with Gasteiger partial charge in [0, 0.05) is 12.4 Å². The van der Waals surface area contributed by atoms with Gasteiger partial charge in [-0.3, -0.25) is 9.20 Å². The van der Waals surface area contributed by atoms with Crippen LogP contribution in [0.3, 0.4) is 0 Å². The SMILES string of the molecule is O=C(NCc1nnc2ccccn12)c1cn(-c2ccccc2)nc1-c1cccs1. The molecule has 1 aromatic carbocycles. The van der Waals surface area contributed by atoms with E-state index in [0.717, 1.165) is 16.2 Å². The van der Waals surface area contributed by atoms with Crippen molar-refractivity contribution in [1.29, 1.82) is 0 Å². The number of para-hydroxylation sites is 1. The lowest BCUT2D eigenvalue weighted by Gasteiger charge is -2.04. The average Bonchev–Trinajstić information content (AvgIpc) is 3.52. The van der Waals surface area contributed by atoms with Gasteiger partial charge in [0.2, 0.25) is 0 Å². The second kappa shape index (κ2) is 7.33. The van der Waals surface area contributed by atoms with E-state index in [1.807, 2.05) is 76.6 Å². The fourth-order valence-corrected chi connectivity index (χ4v) is 3.84. The molecule has 0 saturated carbocycles. The number of benzene rings is 1. The number of nitrogens with one attached hydrogen (secondary N) is 1. The smallest absolute Gasteiger partial charge is 0.255 e. The third kappa shape index (κ3) is 3.30. The molecule has 0 saturated heterocycles. The second-order valence-corrected chi connectivity index (χ2v) is 7.32. The zero-order valence-corrected chi connectivity index (χ0v) is 16.1. The number of fused-ring (bicyclic) bond motifs is 1. The summed E-state index contributed by atoms with van der Waals surface area (Å²) < 4.78 is 3.59. The first-order chi connectivity index (χ1) is 14.3. The van der Waals surface area contributed by atoms with E-state index >= 15 is 0 Å². The molecule has 1 N–H and O–H groups in total. The van der Waals surface area contributed by atoms with Crippen LogP contribution < -0.4 is 5.32 Å². The molecule has 8 heteroatoms. The minimum Gasteiger partial charge on any atom is -0.345 e. The molecule has 7 nitrogen and oxygen atoms in total. The molecule has 0 spiro atoms. The van der Waals surface area contributed by atoms with Crippen molar-refractivity contribution < 1.29 is 4.79 Å². The molecule has 142 valence electrons. The fraction of sp³-hybridized carbons (Fsp3) is 0.0476. The van der Waals surface area contributed by atoms with Crippen molar-refractivity contribution in [3.63, 3.8) is 0 Å². The number of aromatic nitrogens is 5. The maximum Gasteiger partial charge on any atom is 0.255 e. The van der Waals surface area contributed by atoms with Gasteiger partial charge in [0.25, 0.3) is 5.91 Å². The van der Waals surface area contributed by atoms with Gasteiger partial charge in [0.05, 0.1) is 22.7 Å². The van der Waals surface area contributed by atoms with Gasteiger partial charge in [-0.05, 0) is 35.7 Å². The molecule has 0 aliphatic carbocycles. The molecule has 1 amide bonds. The number of thiophene rings is 1. The molecule has 29 heavy (non-hydrogen) atoms. The van der Waals surface area contributed by atoms with Crippen molar-refractivity contribution in [2.75, 3.05) is 0 Å². The number of pyridine rings is 1. The van der Waals surface area contributed by atoms with E-state index in [-0.39, 0.29) is 12.5 Å². The van der Waals surface area contributed by atoms with Crippen molar-refractivity contribution in [3.8, 4) is 16.3 Å². The van der Waals surface area contributed by atoms with Crippen molar-refractivity contribution in [2.24, 2.45) is 0 Å². The summed E-state index contributed by atoms with van der Waals surface area (Å²) >= 11 is 1.55. The first-order valence-corrected chi connectivity index (χ1v) is 9.93. The minimum absolute atomic E-state index is 0.205. The quantitative estimate of drug-likeness (QED) is 0.489. The van der Waals surface area contributed by atoms with E-state index in [4.69, 9.17) is 0 Å². The topological polar surface area (TPSA) is 77.1 Å². The summed E-state index contributed by atoms with van der Waals surface area (Å²) in [6.45, 7) is 0.268. The lowest BCUT2D eigenvalue weighted by Crippen LogP contribution is -2.24. The van der Waals surface area contributed by atoms with Gasteiger partial charge < -0.3 is 5.32 Å². The van der Waals surface area contributed by atoms with Gasteiger partial charge in [-0.15, -0.1) is 21.5 Å². The van der Waals surface area contributed by atoms with Crippen LogP contribution in [0.4, 0.5) is 0 Å². The zero-order valence-electron chi connectivity index (χ0n) is 15.3. The third-order valence-electron chi connectivity index (χ3n) is 4.53. The van der Waals surface area contributed by atoms with Gasteiger partial charge in [-0.2, -0.15) is 5.10 Å². The van der Waals surface area contributed by atoms with Crippen LogP contribution in [0.1, 0.15) is 16.2 Å².